The van der Waals surface area contributed by atoms with E-state index < -0.39 is 154 Å². The topological polar surface area (TPSA) is 317 Å². The van der Waals surface area contributed by atoms with Crippen LogP contribution in [0.1, 0.15) is 118 Å². The molecule has 0 fully saturated rings. The van der Waals surface area contributed by atoms with E-state index in [0.29, 0.717) is 96.0 Å². The van der Waals surface area contributed by atoms with Crippen molar-refractivity contribution in [3.63, 3.8) is 0 Å². The maximum atomic E-state index is 14.7. The summed E-state index contributed by atoms with van der Waals surface area (Å²) in [5, 5.41) is 55.3. The van der Waals surface area contributed by atoms with Gasteiger partial charge in [-0.1, -0.05) is 27.9 Å². The molecular formula is C61H90O25. The average molecular weight is 1220 g/mol. The number of carbonyl (C=O) groups excluding carboxylic acids is 4. The van der Waals surface area contributed by atoms with E-state index in [2.05, 4.69) is 0 Å². The van der Waals surface area contributed by atoms with Crippen LogP contribution in [0.3, 0.4) is 0 Å². The first kappa shape index (κ1) is 67.8. The molecule has 0 saturated carbocycles. The van der Waals surface area contributed by atoms with E-state index in [9.17, 15) is 44.7 Å². The van der Waals surface area contributed by atoms with E-state index in [1.807, 2.05) is 18.2 Å². The number of fused-ring (bicyclic) bond motifs is 11. The lowest BCUT2D eigenvalue weighted by atomic mass is 9.91. The largest absolute Gasteiger partial charge is 0.461 e. The summed E-state index contributed by atoms with van der Waals surface area (Å²) in [5.74, 6) is -3.59. The zero-order chi connectivity index (χ0) is 61.3. The molecule has 10 bridgehead atoms. The normalized spacial score (nSPS) is 38.2. The van der Waals surface area contributed by atoms with Crippen molar-refractivity contribution in [3.05, 3.63) is 58.2 Å². The zero-order valence-electron chi connectivity index (χ0n) is 50.1. The van der Waals surface area contributed by atoms with Crippen LogP contribution in [0.4, 0.5) is 0 Å². The van der Waals surface area contributed by atoms with E-state index in [4.69, 9.17) is 75.8 Å². The summed E-state index contributed by atoms with van der Waals surface area (Å²) >= 11 is 0. The van der Waals surface area contributed by atoms with Crippen molar-refractivity contribution in [2.75, 3.05) is 99.1 Å². The SMILES string of the molecule is CC12COC(O)/C=C(/CCCC(O)OC1)C/C1=C/C(O)OCC(C)(COC3C=C(CCO3)C1)C(=O)OC(COCC(COC(=O)C1(C)COC(O)CCCC3=CC(OCC3)OC1)OC(=O)C1(C)COC(O)CCCC3=CC(OCC3)OC1)COC2=O. The van der Waals surface area contributed by atoms with Gasteiger partial charge >= 0.3 is 23.9 Å². The fourth-order valence-electron chi connectivity index (χ4n) is 10.6. The van der Waals surface area contributed by atoms with Crippen LogP contribution in [0.2, 0.25) is 0 Å². The number of cyclic esters (lactones) is 2. The number of carbonyl (C=O) groups is 4. The molecule has 8 rings (SSSR count). The Morgan fingerprint density at radius 3 is 1.50 bits per heavy atom. The van der Waals surface area contributed by atoms with E-state index >= 15 is 0 Å². The Balaban J connectivity index is 1.07. The summed E-state index contributed by atoms with van der Waals surface area (Å²) in [5.41, 5.74) is -1.93. The minimum atomic E-state index is -1.66. The second-order valence-corrected chi connectivity index (χ2v) is 24.8. The third kappa shape index (κ3) is 20.5. The summed E-state index contributed by atoms with van der Waals surface area (Å²) in [6.45, 7) is 1.87. The highest BCUT2D eigenvalue weighted by Gasteiger charge is 2.45. The number of rotatable bonds is 9. The molecule has 14 atom stereocenters. The van der Waals surface area contributed by atoms with Crippen molar-refractivity contribution in [3.8, 4) is 0 Å². The number of aliphatic hydroxyl groups is 5. The third-order valence-corrected chi connectivity index (χ3v) is 16.3. The van der Waals surface area contributed by atoms with Crippen molar-refractivity contribution in [2.45, 2.75) is 180 Å². The van der Waals surface area contributed by atoms with Gasteiger partial charge in [-0.15, -0.1) is 0 Å². The quantitative estimate of drug-likeness (QED) is 0.124. The first-order valence-electron chi connectivity index (χ1n) is 30.1. The Hall–Kier alpha value is -4.10. The van der Waals surface area contributed by atoms with E-state index in [1.165, 1.54) is 33.8 Å². The molecule has 0 aromatic rings. The lowest BCUT2D eigenvalue weighted by Gasteiger charge is -2.34. The van der Waals surface area contributed by atoms with Crippen molar-refractivity contribution in [2.24, 2.45) is 21.7 Å². The number of hydrogen-bond acceptors (Lipinski definition) is 25. The van der Waals surface area contributed by atoms with E-state index in [-0.39, 0.29) is 52.3 Å². The lowest BCUT2D eigenvalue weighted by Crippen LogP contribution is -2.46. The standard InChI is InChI=1S/C61H90O25/c1-58-31-77-48(64)13-7-10-41(22-49(65)80-33-58)20-43-21-42-16-19-74-53(26-42)84-38-61(4,35-81-50(66)23-43)57(70)86-44(29-75-54(58)67)27-71-28-45(85-56(69)60(3)34-79-47(63)12-6-9-40-15-18-73-52(25-40)83-37-60)30-76-55(68)59(2)32-78-46(62)11-5-8-39-14-17-72-51(24-39)82-36-59/h22-26,44-53,62-66H,5-21,27-38H2,1-4H3/b41-22-,43-23-. The van der Waals surface area contributed by atoms with Crippen LogP contribution in [-0.4, -0.2) is 211 Å². The maximum absolute atomic E-state index is 14.7. The fourth-order valence-corrected chi connectivity index (χ4v) is 10.6. The molecule has 0 aliphatic carbocycles. The molecule has 0 amide bonds. The molecule has 8 heterocycles. The number of allylic oxidation sites excluding steroid dienone is 2. The van der Waals surface area contributed by atoms with Gasteiger partial charge in [0, 0.05) is 0 Å². The number of hydrogen-bond donors (Lipinski definition) is 5. The first-order valence-corrected chi connectivity index (χ1v) is 30.1. The highest BCUT2D eigenvalue weighted by molar-refractivity contribution is 5.79. The summed E-state index contributed by atoms with van der Waals surface area (Å²) in [6.07, 6.45) is 3.39. The number of aliphatic hydroxyl groups excluding tert-OH is 5. The summed E-state index contributed by atoms with van der Waals surface area (Å²) in [6, 6.07) is 0. The Morgan fingerprint density at radius 1 is 0.500 bits per heavy atom. The summed E-state index contributed by atoms with van der Waals surface area (Å²) in [4.78, 5) is 58.1. The van der Waals surface area contributed by atoms with Crippen molar-refractivity contribution < 1.29 is 121 Å². The Kier molecular flexibility index (Phi) is 25.3. The molecule has 8 aliphatic rings. The maximum Gasteiger partial charge on any atom is 0.317 e. The van der Waals surface area contributed by atoms with Gasteiger partial charge in [0.15, 0.2) is 62.5 Å². The number of ether oxygens (including phenoxy) is 16. The van der Waals surface area contributed by atoms with Gasteiger partial charge in [-0.05, 0) is 148 Å². The fraction of sp³-hybridized carbons (Fsp3) is 0.770. The third-order valence-electron chi connectivity index (χ3n) is 16.3. The Bertz CT molecular complexity index is 2420. The number of esters is 4. The van der Waals surface area contributed by atoms with Crippen LogP contribution in [0.25, 0.3) is 0 Å². The van der Waals surface area contributed by atoms with Crippen molar-refractivity contribution >= 4 is 23.9 Å². The molecule has 0 saturated heterocycles. The molecule has 25 nitrogen and oxygen atoms in total. The van der Waals surface area contributed by atoms with Gasteiger partial charge in [-0.25, -0.2) is 0 Å². The van der Waals surface area contributed by atoms with Crippen LogP contribution < -0.4 is 0 Å². The van der Waals surface area contributed by atoms with Gasteiger partial charge < -0.3 is 101 Å². The Labute approximate surface area is 502 Å². The minimum Gasteiger partial charge on any atom is -0.461 e. The van der Waals surface area contributed by atoms with Crippen molar-refractivity contribution in [1.29, 1.82) is 0 Å². The highest BCUT2D eigenvalue weighted by atomic mass is 16.7. The monoisotopic (exact) mass is 1220 g/mol. The highest BCUT2D eigenvalue weighted by Crippen LogP contribution is 2.34. The zero-order valence-corrected chi connectivity index (χ0v) is 50.1. The predicted molar refractivity (Wildman–Crippen MR) is 297 cm³/mol. The second kappa shape index (κ2) is 32.1. The molecule has 25 heteroatoms. The van der Waals surface area contributed by atoms with Crippen LogP contribution >= 0.6 is 0 Å². The van der Waals surface area contributed by atoms with Crippen LogP contribution in [0, 0.1) is 21.7 Å². The van der Waals surface area contributed by atoms with Crippen LogP contribution in [0.5, 0.6) is 0 Å². The van der Waals surface area contributed by atoms with Gasteiger partial charge in [0.1, 0.15) is 34.9 Å². The molecule has 14 unspecified atom stereocenters. The average Bonchev–Trinajstić information content (AvgIpc) is 3.67. The van der Waals surface area contributed by atoms with Gasteiger partial charge in [0.25, 0.3) is 0 Å². The van der Waals surface area contributed by atoms with E-state index in [0.717, 1.165) is 22.3 Å². The molecule has 0 spiro atoms. The molecule has 0 aromatic heterocycles. The molecule has 8 aliphatic heterocycles. The lowest BCUT2D eigenvalue weighted by molar-refractivity contribution is -0.205. The van der Waals surface area contributed by atoms with Crippen molar-refractivity contribution in [1.82, 2.24) is 0 Å². The molecule has 484 valence electrons. The summed E-state index contributed by atoms with van der Waals surface area (Å²) in [7, 11) is 0. The summed E-state index contributed by atoms with van der Waals surface area (Å²) < 4.78 is 95.6. The molecule has 0 radical (unpaired) electrons. The minimum absolute atomic E-state index is 0.174. The molecule has 5 N–H and O–H groups in total. The van der Waals surface area contributed by atoms with Gasteiger partial charge in [-0.2, -0.15) is 0 Å². The first-order chi connectivity index (χ1) is 41.1. The predicted octanol–water partition coefficient (Wildman–Crippen LogP) is 3.89. The van der Waals surface area contributed by atoms with Crippen LogP contribution in [0.15, 0.2) is 58.2 Å². The molecule has 0 aromatic carbocycles. The molecule has 86 heavy (non-hydrogen) atoms. The second-order valence-electron chi connectivity index (χ2n) is 24.8. The molecular weight excluding hydrogens is 1130 g/mol. The smallest absolute Gasteiger partial charge is 0.317 e. The van der Waals surface area contributed by atoms with E-state index in [1.54, 1.807) is 6.08 Å². The Morgan fingerprint density at radius 2 is 0.930 bits per heavy atom. The van der Waals surface area contributed by atoms with Gasteiger partial charge in [0.05, 0.1) is 85.9 Å². The van der Waals surface area contributed by atoms with Gasteiger partial charge in [0.2, 0.25) is 0 Å². The van der Waals surface area contributed by atoms with Crippen LogP contribution in [-0.2, 0) is 95.0 Å². The van der Waals surface area contributed by atoms with Gasteiger partial charge in [-0.3, -0.25) is 19.2 Å².